The van der Waals surface area contributed by atoms with Crippen LogP contribution in [0.2, 0.25) is 0 Å². The van der Waals surface area contributed by atoms with E-state index in [1.165, 1.54) is 29.5 Å². The monoisotopic (exact) mass is 247 g/mol. The van der Waals surface area contributed by atoms with Gasteiger partial charge in [-0.1, -0.05) is 25.1 Å². The third kappa shape index (κ3) is 3.33. The van der Waals surface area contributed by atoms with E-state index in [9.17, 15) is 0 Å². The third-order valence-electron chi connectivity index (χ3n) is 4.28. The smallest absolute Gasteiger partial charge is 0.0471 e. The summed E-state index contributed by atoms with van der Waals surface area (Å²) in [5.74, 6) is 0. The van der Waals surface area contributed by atoms with Gasteiger partial charge < -0.3 is 10.1 Å². The summed E-state index contributed by atoms with van der Waals surface area (Å²) in [6, 6.07) is 6.55. The van der Waals surface area contributed by atoms with Gasteiger partial charge in [-0.15, -0.1) is 0 Å². The molecule has 1 aliphatic heterocycles. The maximum atomic E-state index is 5.44. The molecule has 1 saturated heterocycles. The molecule has 0 bridgehead atoms. The van der Waals surface area contributed by atoms with E-state index in [2.05, 4.69) is 44.3 Å². The first-order valence-corrected chi connectivity index (χ1v) is 6.94. The SMILES string of the molecule is Cc1cccc(CNCC2(C)CCOCC2)c1C. The first-order valence-electron chi connectivity index (χ1n) is 6.94. The van der Waals surface area contributed by atoms with Gasteiger partial charge >= 0.3 is 0 Å². The molecule has 0 amide bonds. The van der Waals surface area contributed by atoms with Crippen molar-refractivity contribution in [2.45, 2.75) is 40.2 Å². The Hall–Kier alpha value is -0.860. The van der Waals surface area contributed by atoms with Crippen molar-refractivity contribution in [2.24, 2.45) is 5.41 Å². The van der Waals surface area contributed by atoms with Crippen LogP contribution in [0.4, 0.5) is 0 Å². The van der Waals surface area contributed by atoms with Gasteiger partial charge in [-0.25, -0.2) is 0 Å². The Morgan fingerprint density at radius 2 is 1.94 bits per heavy atom. The number of hydrogen-bond donors (Lipinski definition) is 1. The topological polar surface area (TPSA) is 21.3 Å². The zero-order valence-corrected chi connectivity index (χ0v) is 11.9. The summed E-state index contributed by atoms with van der Waals surface area (Å²) in [6.45, 7) is 10.7. The molecule has 1 aliphatic rings. The van der Waals surface area contributed by atoms with Crippen molar-refractivity contribution < 1.29 is 4.74 Å². The van der Waals surface area contributed by atoms with Gasteiger partial charge in [0, 0.05) is 26.3 Å². The van der Waals surface area contributed by atoms with E-state index in [1.54, 1.807) is 0 Å². The van der Waals surface area contributed by atoms with Crippen LogP contribution in [-0.2, 0) is 11.3 Å². The van der Waals surface area contributed by atoms with E-state index in [0.717, 1.165) is 26.3 Å². The second kappa shape index (κ2) is 5.85. The molecule has 0 aromatic heterocycles. The summed E-state index contributed by atoms with van der Waals surface area (Å²) < 4.78 is 5.44. The fourth-order valence-electron chi connectivity index (χ4n) is 2.54. The van der Waals surface area contributed by atoms with Crippen LogP contribution >= 0.6 is 0 Å². The molecule has 0 atom stereocenters. The van der Waals surface area contributed by atoms with Gasteiger partial charge in [0.25, 0.3) is 0 Å². The lowest BCUT2D eigenvalue weighted by atomic mass is 9.82. The molecule has 0 radical (unpaired) electrons. The zero-order chi connectivity index (χ0) is 13.0. The summed E-state index contributed by atoms with van der Waals surface area (Å²) >= 11 is 0. The van der Waals surface area contributed by atoms with Crippen LogP contribution in [0.15, 0.2) is 18.2 Å². The molecule has 2 nitrogen and oxygen atoms in total. The Balaban J connectivity index is 1.86. The lowest BCUT2D eigenvalue weighted by Gasteiger charge is -2.33. The number of hydrogen-bond acceptors (Lipinski definition) is 2. The lowest BCUT2D eigenvalue weighted by Crippen LogP contribution is -2.36. The molecular formula is C16H25NO. The minimum atomic E-state index is 0.413. The van der Waals surface area contributed by atoms with Crippen molar-refractivity contribution in [3.63, 3.8) is 0 Å². The Kier molecular flexibility index (Phi) is 4.41. The molecule has 1 fully saturated rings. The standard InChI is InChI=1S/C16H25NO/c1-13-5-4-6-15(14(13)2)11-17-12-16(3)7-9-18-10-8-16/h4-6,17H,7-12H2,1-3H3. The Morgan fingerprint density at radius 1 is 1.22 bits per heavy atom. The summed E-state index contributed by atoms with van der Waals surface area (Å²) in [7, 11) is 0. The number of nitrogens with one attached hydrogen (secondary N) is 1. The summed E-state index contributed by atoms with van der Waals surface area (Å²) in [4.78, 5) is 0. The van der Waals surface area contributed by atoms with Crippen LogP contribution < -0.4 is 5.32 Å². The van der Waals surface area contributed by atoms with E-state index < -0.39 is 0 Å². The van der Waals surface area contributed by atoms with E-state index >= 15 is 0 Å². The Bertz CT molecular complexity index is 394. The van der Waals surface area contributed by atoms with Crippen LogP contribution in [0.5, 0.6) is 0 Å². The fourth-order valence-corrected chi connectivity index (χ4v) is 2.54. The summed E-state index contributed by atoms with van der Waals surface area (Å²) in [6.07, 6.45) is 2.35. The summed E-state index contributed by atoms with van der Waals surface area (Å²) in [5.41, 5.74) is 4.63. The predicted octanol–water partition coefficient (Wildman–Crippen LogP) is 3.21. The van der Waals surface area contributed by atoms with Crippen LogP contribution in [0, 0.1) is 19.3 Å². The second-order valence-electron chi connectivity index (χ2n) is 5.89. The van der Waals surface area contributed by atoms with Gasteiger partial charge in [-0.05, 0) is 48.8 Å². The molecule has 2 heteroatoms. The molecule has 18 heavy (non-hydrogen) atoms. The van der Waals surface area contributed by atoms with Crippen molar-refractivity contribution in [1.29, 1.82) is 0 Å². The first-order chi connectivity index (χ1) is 8.61. The average molecular weight is 247 g/mol. The third-order valence-corrected chi connectivity index (χ3v) is 4.28. The molecule has 100 valence electrons. The van der Waals surface area contributed by atoms with E-state index in [-0.39, 0.29) is 0 Å². The largest absolute Gasteiger partial charge is 0.381 e. The van der Waals surface area contributed by atoms with Crippen LogP contribution in [0.3, 0.4) is 0 Å². The molecule has 0 unspecified atom stereocenters. The zero-order valence-electron chi connectivity index (χ0n) is 11.9. The molecule has 1 N–H and O–H groups in total. The fraction of sp³-hybridized carbons (Fsp3) is 0.625. The van der Waals surface area contributed by atoms with Crippen LogP contribution in [-0.4, -0.2) is 19.8 Å². The maximum absolute atomic E-state index is 5.44. The molecule has 1 aromatic rings. The Labute approximate surface area is 111 Å². The maximum Gasteiger partial charge on any atom is 0.0471 e. The first kappa shape index (κ1) is 13.6. The summed E-state index contributed by atoms with van der Waals surface area (Å²) in [5, 5.41) is 3.62. The minimum Gasteiger partial charge on any atom is -0.381 e. The van der Waals surface area contributed by atoms with E-state index in [1.807, 2.05) is 0 Å². The number of rotatable bonds is 4. The quantitative estimate of drug-likeness (QED) is 0.882. The molecule has 1 heterocycles. The van der Waals surface area contributed by atoms with Crippen molar-refractivity contribution >= 4 is 0 Å². The van der Waals surface area contributed by atoms with Gasteiger partial charge in [0.1, 0.15) is 0 Å². The van der Waals surface area contributed by atoms with Gasteiger partial charge in [-0.2, -0.15) is 0 Å². The molecule has 0 saturated carbocycles. The van der Waals surface area contributed by atoms with Crippen molar-refractivity contribution in [3.05, 3.63) is 34.9 Å². The molecule has 1 aromatic carbocycles. The Morgan fingerprint density at radius 3 is 2.67 bits per heavy atom. The van der Waals surface area contributed by atoms with E-state index in [4.69, 9.17) is 4.74 Å². The van der Waals surface area contributed by atoms with Crippen molar-refractivity contribution in [3.8, 4) is 0 Å². The molecule has 2 rings (SSSR count). The second-order valence-corrected chi connectivity index (χ2v) is 5.89. The van der Waals surface area contributed by atoms with Crippen molar-refractivity contribution in [2.75, 3.05) is 19.8 Å². The molecular weight excluding hydrogens is 222 g/mol. The highest BCUT2D eigenvalue weighted by Gasteiger charge is 2.26. The van der Waals surface area contributed by atoms with Gasteiger partial charge in [0.05, 0.1) is 0 Å². The van der Waals surface area contributed by atoms with Crippen LogP contribution in [0.1, 0.15) is 36.5 Å². The predicted molar refractivity (Wildman–Crippen MR) is 75.8 cm³/mol. The van der Waals surface area contributed by atoms with Crippen LogP contribution in [0.25, 0.3) is 0 Å². The highest BCUT2D eigenvalue weighted by Crippen LogP contribution is 2.28. The lowest BCUT2D eigenvalue weighted by molar-refractivity contribution is 0.0240. The normalized spacial score (nSPS) is 18.8. The van der Waals surface area contributed by atoms with Gasteiger partial charge in [0.15, 0.2) is 0 Å². The number of aryl methyl sites for hydroxylation is 1. The minimum absolute atomic E-state index is 0.413. The number of ether oxygens (including phenoxy) is 1. The van der Waals surface area contributed by atoms with Crippen molar-refractivity contribution in [1.82, 2.24) is 5.32 Å². The highest BCUT2D eigenvalue weighted by molar-refractivity contribution is 5.32. The average Bonchev–Trinajstić information content (AvgIpc) is 2.35. The molecule has 0 aliphatic carbocycles. The number of benzene rings is 1. The van der Waals surface area contributed by atoms with Gasteiger partial charge in [-0.3, -0.25) is 0 Å². The highest BCUT2D eigenvalue weighted by atomic mass is 16.5. The molecule has 0 spiro atoms. The van der Waals surface area contributed by atoms with Gasteiger partial charge in [0.2, 0.25) is 0 Å². The van der Waals surface area contributed by atoms with E-state index in [0.29, 0.717) is 5.41 Å².